The van der Waals surface area contributed by atoms with Gasteiger partial charge in [0, 0.05) is 5.69 Å². The molecule has 1 aliphatic rings. The first-order valence-corrected chi connectivity index (χ1v) is 5.73. The van der Waals surface area contributed by atoms with Crippen LogP contribution in [-0.4, -0.2) is 24.7 Å². The van der Waals surface area contributed by atoms with E-state index in [0.29, 0.717) is 12.3 Å². The average molecular weight is 249 g/mol. The van der Waals surface area contributed by atoms with Crippen LogP contribution >= 0.6 is 0 Å². The summed E-state index contributed by atoms with van der Waals surface area (Å²) in [6, 6.07) is 6.49. The van der Waals surface area contributed by atoms with Crippen molar-refractivity contribution in [1.82, 2.24) is 5.32 Å². The van der Waals surface area contributed by atoms with E-state index in [4.69, 9.17) is 10.5 Å². The Labute approximate surface area is 105 Å². The lowest BCUT2D eigenvalue weighted by atomic mass is 10.2. The minimum Gasteiger partial charge on any atom is -0.494 e. The molecule has 1 saturated heterocycles. The Hall–Kier alpha value is -2.08. The van der Waals surface area contributed by atoms with Gasteiger partial charge in [-0.3, -0.25) is 15.0 Å². The fourth-order valence-electron chi connectivity index (χ4n) is 1.84. The van der Waals surface area contributed by atoms with Crippen molar-refractivity contribution in [2.45, 2.75) is 19.5 Å². The summed E-state index contributed by atoms with van der Waals surface area (Å²) >= 11 is 0. The molecule has 1 heterocycles. The van der Waals surface area contributed by atoms with Gasteiger partial charge >= 0.3 is 6.03 Å². The fourth-order valence-corrected chi connectivity index (χ4v) is 1.84. The molecule has 6 nitrogen and oxygen atoms in total. The van der Waals surface area contributed by atoms with Crippen LogP contribution in [0.25, 0.3) is 0 Å². The number of benzene rings is 1. The van der Waals surface area contributed by atoms with Gasteiger partial charge in [-0.15, -0.1) is 0 Å². The second kappa shape index (κ2) is 5.05. The third kappa shape index (κ3) is 2.43. The molecular weight excluding hydrogens is 234 g/mol. The number of rotatable bonds is 3. The van der Waals surface area contributed by atoms with Gasteiger partial charge in [-0.05, 0) is 31.2 Å². The van der Waals surface area contributed by atoms with Gasteiger partial charge in [0.1, 0.15) is 5.75 Å². The van der Waals surface area contributed by atoms with Crippen LogP contribution in [0.5, 0.6) is 5.75 Å². The van der Waals surface area contributed by atoms with Crippen LogP contribution in [0.1, 0.15) is 13.3 Å². The number of ether oxygens (including phenoxy) is 1. The smallest absolute Gasteiger partial charge is 0.329 e. The standard InChI is InChI=1S/C12H15N3O3/c1-2-18-9-5-3-8(4-6-9)15-10(13)7-11(16)14-12(15)17/h3-6,10H,2,7,13H2,1H3,(H,14,16,17). The Morgan fingerprint density at radius 3 is 2.61 bits per heavy atom. The third-order valence-electron chi connectivity index (χ3n) is 2.62. The van der Waals surface area contributed by atoms with E-state index < -0.39 is 12.2 Å². The highest BCUT2D eigenvalue weighted by Crippen LogP contribution is 2.22. The van der Waals surface area contributed by atoms with E-state index in [1.807, 2.05) is 6.92 Å². The molecule has 0 saturated carbocycles. The summed E-state index contributed by atoms with van der Waals surface area (Å²) in [7, 11) is 0. The largest absolute Gasteiger partial charge is 0.494 e. The Morgan fingerprint density at radius 2 is 2.06 bits per heavy atom. The molecule has 1 aromatic rings. The number of anilines is 1. The molecule has 3 amide bonds. The Bertz CT molecular complexity index is 458. The second-order valence-electron chi connectivity index (χ2n) is 3.92. The van der Waals surface area contributed by atoms with Crippen LogP contribution < -0.4 is 20.7 Å². The maximum Gasteiger partial charge on any atom is 0.329 e. The summed E-state index contributed by atoms with van der Waals surface area (Å²) in [5.74, 6) is 0.373. The number of hydrogen-bond acceptors (Lipinski definition) is 4. The Morgan fingerprint density at radius 1 is 1.39 bits per heavy atom. The highest BCUT2D eigenvalue weighted by atomic mass is 16.5. The van der Waals surface area contributed by atoms with Crippen molar-refractivity contribution in [3.63, 3.8) is 0 Å². The molecule has 96 valence electrons. The second-order valence-corrected chi connectivity index (χ2v) is 3.92. The monoisotopic (exact) mass is 249 g/mol. The molecule has 2 rings (SSSR count). The first kappa shape index (κ1) is 12.4. The predicted molar refractivity (Wildman–Crippen MR) is 66.2 cm³/mol. The van der Waals surface area contributed by atoms with Gasteiger partial charge in [0.2, 0.25) is 5.91 Å². The predicted octanol–water partition coefficient (Wildman–Crippen LogP) is 0.816. The molecule has 0 bridgehead atoms. The fraction of sp³-hybridized carbons (Fsp3) is 0.333. The molecule has 1 aliphatic heterocycles. The summed E-state index contributed by atoms with van der Waals surface area (Å²) in [6.45, 7) is 2.48. The van der Waals surface area contributed by atoms with Crippen LogP contribution in [0.2, 0.25) is 0 Å². The topological polar surface area (TPSA) is 84.7 Å². The van der Waals surface area contributed by atoms with E-state index >= 15 is 0 Å². The number of carbonyl (C=O) groups excluding carboxylic acids is 2. The lowest BCUT2D eigenvalue weighted by Crippen LogP contribution is -2.58. The minimum atomic E-state index is -0.635. The number of nitrogens with one attached hydrogen (secondary N) is 1. The summed E-state index contributed by atoms with van der Waals surface area (Å²) < 4.78 is 5.31. The number of carbonyl (C=O) groups is 2. The van der Waals surface area contributed by atoms with Crippen molar-refractivity contribution in [3.05, 3.63) is 24.3 Å². The summed E-state index contributed by atoms with van der Waals surface area (Å²) in [5.41, 5.74) is 6.44. The van der Waals surface area contributed by atoms with E-state index in [1.54, 1.807) is 24.3 Å². The Balaban J connectivity index is 2.19. The third-order valence-corrected chi connectivity index (χ3v) is 2.62. The first-order valence-electron chi connectivity index (χ1n) is 5.73. The molecule has 3 N–H and O–H groups in total. The molecule has 0 aromatic heterocycles. The van der Waals surface area contributed by atoms with Crippen molar-refractivity contribution in [1.29, 1.82) is 0 Å². The SMILES string of the molecule is CCOc1ccc(N2C(=O)NC(=O)CC2N)cc1. The molecule has 0 aliphatic carbocycles. The van der Waals surface area contributed by atoms with Crippen LogP contribution in [0.3, 0.4) is 0 Å². The maximum atomic E-state index is 11.7. The van der Waals surface area contributed by atoms with Crippen LogP contribution in [0.15, 0.2) is 24.3 Å². The highest BCUT2D eigenvalue weighted by Gasteiger charge is 2.30. The van der Waals surface area contributed by atoms with Crippen molar-refractivity contribution in [2.75, 3.05) is 11.5 Å². The number of amides is 3. The number of urea groups is 1. The highest BCUT2D eigenvalue weighted by molar-refractivity contribution is 6.06. The van der Waals surface area contributed by atoms with E-state index in [1.165, 1.54) is 4.90 Å². The zero-order valence-corrected chi connectivity index (χ0v) is 10.1. The van der Waals surface area contributed by atoms with Crippen LogP contribution in [-0.2, 0) is 4.79 Å². The zero-order chi connectivity index (χ0) is 13.1. The van der Waals surface area contributed by atoms with Gasteiger partial charge in [0.15, 0.2) is 0 Å². The van der Waals surface area contributed by atoms with Crippen LogP contribution in [0, 0.1) is 0 Å². The van der Waals surface area contributed by atoms with Gasteiger partial charge in [0.05, 0.1) is 19.2 Å². The van der Waals surface area contributed by atoms with Gasteiger partial charge < -0.3 is 10.5 Å². The molecule has 1 atom stereocenters. The molecule has 0 spiro atoms. The number of hydrogen-bond donors (Lipinski definition) is 2. The molecular formula is C12H15N3O3. The summed E-state index contributed by atoms with van der Waals surface area (Å²) in [4.78, 5) is 24.2. The molecule has 1 fully saturated rings. The van der Waals surface area contributed by atoms with E-state index in [-0.39, 0.29) is 12.3 Å². The molecule has 6 heteroatoms. The van der Waals surface area contributed by atoms with Crippen molar-refractivity contribution in [3.8, 4) is 5.75 Å². The Kier molecular flexibility index (Phi) is 3.47. The van der Waals surface area contributed by atoms with Crippen molar-refractivity contribution >= 4 is 17.6 Å². The van der Waals surface area contributed by atoms with Crippen molar-refractivity contribution < 1.29 is 14.3 Å². The quantitative estimate of drug-likeness (QED) is 0.830. The van der Waals surface area contributed by atoms with Crippen LogP contribution in [0.4, 0.5) is 10.5 Å². The normalized spacial score (nSPS) is 19.7. The summed E-state index contributed by atoms with van der Waals surface area (Å²) in [5, 5.41) is 2.23. The minimum absolute atomic E-state index is 0.0962. The number of imide groups is 1. The summed E-state index contributed by atoms with van der Waals surface area (Å²) in [6.07, 6.45) is -0.539. The molecule has 1 aromatic carbocycles. The first-order chi connectivity index (χ1) is 8.61. The van der Waals surface area contributed by atoms with E-state index in [0.717, 1.165) is 5.75 Å². The molecule has 0 radical (unpaired) electrons. The maximum absolute atomic E-state index is 11.7. The van der Waals surface area contributed by atoms with Gasteiger partial charge in [-0.1, -0.05) is 0 Å². The van der Waals surface area contributed by atoms with Gasteiger partial charge in [-0.25, -0.2) is 4.79 Å². The van der Waals surface area contributed by atoms with Gasteiger partial charge in [-0.2, -0.15) is 0 Å². The number of nitrogens with zero attached hydrogens (tertiary/aromatic N) is 1. The van der Waals surface area contributed by atoms with E-state index in [9.17, 15) is 9.59 Å². The van der Waals surface area contributed by atoms with Crippen molar-refractivity contribution in [2.24, 2.45) is 5.73 Å². The lowest BCUT2D eigenvalue weighted by molar-refractivity contribution is -0.120. The zero-order valence-electron chi connectivity index (χ0n) is 10.1. The molecule has 18 heavy (non-hydrogen) atoms. The number of nitrogens with two attached hydrogens (primary N) is 1. The van der Waals surface area contributed by atoms with E-state index in [2.05, 4.69) is 5.32 Å². The molecule has 1 unspecified atom stereocenters. The van der Waals surface area contributed by atoms with Gasteiger partial charge in [0.25, 0.3) is 0 Å². The average Bonchev–Trinajstić information content (AvgIpc) is 2.30. The lowest BCUT2D eigenvalue weighted by Gasteiger charge is -2.32.